The lowest BCUT2D eigenvalue weighted by Gasteiger charge is -2.37. The van der Waals surface area contributed by atoms with Gasteiger partial charge in [0.05, 0.1) is 18.0 Å². The molecule has 0 aromatic heterocycles. The number of ether oxygens (including phenoxy) is 2. The third-order valence-electron chi connectivity index (χ3n) is 5.84. The smallest absolute Gasteiger partial charge is 0.241 e. The van der Waals surface area contributed by atoms with Gasteiger partial charge in [0.15, 0.2) is 0 Å². The van der Waals surface area contributed by atoms with Gasteiger partial charge in [0, 0.05) is 36.7 Å². The third kappa shape index (κ3) is 4.14. The van der Waals surface area contributed by atoms with Gasteiger partial charge in [-0.2, -0.15) is 0 Å². The molecule has 0 bridgehead atoms. The average Bonchev–Trinajstić information content (AvgIpc) is 3.15. The van der Waals surface area contributed by atoms with Gasteiger partial charge in [-0.25, -0.2) is 13.1 Å². The molecular formula is C23H28N2O5S. The maximum atomic E-state index is 13.3. The predicted molar refractivity (Wildman–Crippen MR) is 118 cm³/mol. The summed E-state index contributed by atoms with van der Waals surface area (Å²) in [6.45, 7) is 6.28. The summed E-state index contributed by atoms with van der Waals surface area (Å²) >= 11 is 0. The van der Waals surface area contributed by atoms with Crippen molar-refractivity contribution < 1.29 is 22.7 Å². The second-order valence-corrected chi connectivity index (χ2v) is 10.3. The summed E-state index contributed by atoms with van der Waals surface area (Å²) in [7, 11) is -2.19. The van der Waals surface area contributed by atoms with Crippen molar-refractivity contribution in [3.05, 3.63) is 47.5 Å². The summed E-state index contributed by atoms with van der Waals surface area (Å²) in [4.78, 5) is 14.1. The molecule has 2 aliphatic rings. The monoisotopic (exact) mass is 444 g/mol. The second kappa shape index (κ2) is 7.84. The largest absolute Gasteiger partial charge is 0.497 e. The van der Waals surface area contributed by atoms with E-state index in [0.29, 0.717) is 37.3 Å². The number of methoxy groups -OCH3 is 1. The van der Waals surface area contributed by atoms with Crippen molar-refractivity contribution in [3.63, 3.8) is 0 Å². The number of amides is 1. The Hall–Kier alpha value is -2.58. The van der Waals surface area contributed by atoms with Crippen LogP contribution in [0, 0.1) is 0 Å². The van der Waals surface area contributed by atoms with Crippen LogP contribution in [-0.4, -0.2) is 33.6 Å². The van der Waals surface area contributed by atoms with Crippen LogP contribution < -0.4 is 19.1 Å². The van der Waals surface area contributed by atoms with Crippen LogP contribution in [0.1, 0.15) is 50.8 Å². The first kappa shape index (κ1) is 21.6. The lowest BCUT2D eigenvalue weighted by atomic mass is 9.90. The van der Waals surface area contributed by atoms with E-state index < -0.39 is 21.7 Å². The van der Waals surface area contributed by atoms with Gasteiger partial charge >= 0.3 is 0 Å². The van der Waals surface area contributed by atoms with Gasteiger partial charge in [-0.15, -0.1) is 0 Å². The van der Waals surface area contributed by atoms with Crippen LogP contribution in [0.15, 0.2) is 41.3 Å². The number of carbonyl (C=O) groups is 1. The fourth-order valence-corrected chi connectivity index (χ4v) is 5.58. The zero-order valence-electron chi connectivity index (χ0n) is 18.3. The molecule has 0 fully saturated rings. The van der Waals surface area contributed by atoms with Crippen molar-refractivity contribution in [3.8, 4) is 11.5 Å². The van der Waals surface area contributed by atoms with Crippen molar-refractivity contribution in [2.75, 3.05) is 18.6 Å². The van der Waals surface area contributed by atoms with E-state index in [1.807, 2.05) is 26.8 Å². The first-order chi connectivity index (χ1) is 14.6. The summed E-state index contributed by atoms with van der Waals surface area (Å²) in [6.07, 6.45) is 1.57. The molecule has 0 spiro atoms. The molecule has 1 amide bonds. The van der Waals surface area contributed by atoms with Gasteiger partial charge in [0.1, 0.15) is 17.1 Å². The van der Waals surface area contributed by atoms with Crippen LogP contribution in [-0.2, 0) is 21.2 Å². The Morgan fingerprint density at radius 3 is 2.74 bits per heavy atom. The molecule has 1 atom stereocenters. The Bertz CT molecular complexity index is 1130. The van der Waals surface area contributed by atoms with Crippen molar-refractivity contribution in [1.29, 1.82) is 0 Å². The van der Waals surface area contributed by atoms with Gasteiger partial charge in [-0.3, -0.25) is 4.79 Å². The molecule has 4 rings (SSSR count). The Morgan fingerprint density at radius 1 is 1.26 bits per heavy atom. The molecule has 31 heavy (non-hydrogen) atoms. The maximum absolute atomic E-state index is 13.3. The standard InChI is InChI=1S/C23H28N2O5S/c1-5-22(26)25-11-10-15-12-17(7-9-20(15)25)31(27,28)24-19-14-23(2,3)30-21-13-16(29-4)6-8-18(19)21/h6-9,12-13,19,24H,5,10-11,14H2,1-4H3/t19-/m1/s1. The van der Waals surface area contributed by atoms with Crippen LogP contribution >= 0.6 is 0 Å². The van der Waals surface area contributed by atoms with E-state index in [9.17, 15) is 13.2 Å². The third-order valence-corrected chi connectivity index (χ3v) is 7.31. The van der Waals surface area contributed by atoms with E-state index in [4.69, 9.17) is 9.47 Å². The number of sulfonamides is 1. The van der Waals surface area contributed by atoms with Crippen LogP contribution in [0.2, 0.25) is 0 Å². The lowest BCUT2D eigenvalue weighted by molar-refractivity contribution is -0.118. The Morgan fingerprint density at radius 2 is 2.03 bits per heavy atom. The fraction of sp³-hybridized carbons (Fsp3) is 0.435. The second-order valence-electron chi connectivity index (χ2n) is 8.58. The van der Waals surface area contributed by atoms with Crippen LogP contribution in [0.3, 0.4) is 0 Å². The minimum atomic E-state index is -3.77. The first-order valence-corrected chi connectivity index (χ1v) is 11.9. The minimum Gasteiger partial charge on any atom is -0.497 e. The van der Waals surface area contributed by atoms with E-state index >= 15 is 0 Å². The SMILES string of the molecule is CCC(=O)N1CCc2cc(S(=O)(=O)N[C@@H]3CC(C)(C)Oc4cc(OC)ccc43)ccc21. The van der Waals surface area contributed by atoms with Crippen LogP contribution in [0.25, 0.3) is 0 Å². The maximum Gasteiger partial charge on any atom is 0.241 e. The Kier molecular flexibility index (Phi) is 5.47. The molecule has 7 nitrogen and oxygen atoms in total. The van der Waals surface area contributed by atoms with E-state index in [2.05, 4.69) is 4.72 Å². The van der Waals surface area contributed by atoms with Gasteiger partial charge in [-0.1, -0.05) is 13.0 Å². The lowest BCUT2D eigenvalue weighted by Crippen LogP contribution is -2.41. The number of anilines is 1. The number of hydrogen-bond acceptors (Lipinski definition) is 5. The topological polar surface area (TPSA) is 84.9 Å². The van der Waals surface area contributed by atoms with Gasteiger partial charge < -0.3 is 14.4 Å². The molecule has 2 aromatic rings. The van der Waals surface area contributed by atoms with Crippen molar-refractivity contribution >= 4 is 21.6 Å². The highest BCUT2D eigenvalue weighted by atomic mass is 32.2. The predicted octanol–water partition coefficient (Wildman–Crippen LogP) is 3.58. The molecule has 0 saturated heterocycles. The molecule has 2 aliphatic heterocycles. The molecule has 0 aliphatic carbocycles. The average molecular weight is 445 g/mol. The molecule has 2 aromatic carbocycles. The summed E-state index contributed by atoms with van der Waals surface area (Å²) in [5.74, 6) is 1.32. The highest BCUT2D eigenvalue weighted by Gasteiger charge is 2.36. The van der Waals surface area contributed by atoms with Crippen LogP contribution in [0.4, 0.5) is 5.69 Å². The first-order valence-electron chi connectivity index (χ1n) is 10.5. The number of nitrogens with one attached hydrogen (secondary N) is 1. The number of benzene rings is 2. The van der Waals surface area contributed by atoms with Crippen molar-refractivity contribution in [2.24, 2.45) is 0 Å². The zero-order valence-corrected chi connectivity index (χ0v) is 19.1. The summed E-state index contributed by atoms with van der Waals surface area (Å²) < 4.78 is 40.7. The highest BCUT2D eigenvalue weighted by Crippen LogP contribution is 2.42. The Balaban J connectivity index is 1.63. The number of hydrogen-bond donors (Lipinski definition) is 1. The Labute approximate surface area is 183 Å². The van der Waals surface area contributed by atoms with Gasteiger partial charge in [0.2, 0.25) is 15.9 Å². The number of nitrogens with zero attached hydrogens (tertiary/aromatic N) is 1. The molecular weight excluding hydrogens is 416 g/mol. The summed E-state index contributed by atoms with van der Waals surface area (Å²) in [5, 5.41) is 0. The number of fused-ring (bicyclic) bond motifs is 2. The van der Waals surface area contributed by atoms with Gasteiger partial charge in [0.25, 0.3) is 0 Å². The quantitative estimate of drug-likeness (QED) is 0.762. The number of carbonyl (C=O) groups excluding carboxylic acids is 1. The number of rotatable bonds is 5. The fourth-order valence-electron chi connectivity index (χ4n) is 4.31. The normalized spacial score (nSPS) is 19.4. The highest BCUT2D eigenvalue weighted by molar-refractivity contribution is 7.89. The summed E-state index contributed by atoms with van der Waals surface area (Å²) in [6, 6.07) is 9.98. The van der Waals surface area contributed by atoms with Crippen molar-refractivity contribution in [2.45, 2.75) is 56.6 Å². The van der Waals surface area contributed by atoms with Gasteiger partial charge in [-0.05, 0) is 50.1 Å². The van der Waals surface area contributed by atoms with Crippen LogP contribution in [0.5, 0.6) is 11.5 Å². The van der Waals surface area contributed by atoms with E-state index in [-0.39, 0.29) is 10.8 Å². The van der Waals surface area contributed by atoms with E-state index in [1.54, 1.807) is 42.3 Å². The van der Waals surface area contributed by atoms with E-state index in [1.165, 1.54) is 0 Å². The van der Waals surface area contributed by atoms with E-state index in [0.717, 1.165) is 16.8 Å². The molecule has 0 radical (unpaired) electrons. The molecule has 1 N–H and O–H groups in total. The molecule has 166 valence electrons. The minimum absolute atomic E-state index is 0.0453. The zero-order chi connectivity index (χ0) is 22.4. The van der Waals surface area contributed by atoms with Crippen molar-refractivity contribution in [1.82, 2.24) is 4.72 Å². The summed E-state index contributed by atoms with van der Waals surface area (Å²) in [5.41, 5.74) is 1.92. The molecule has 0 saturated carbocycles. The molecule has 8 heteroatoms. The molecule has 2 heterocycles. The molecule has 0 unspecified atom stereocenters.